The second-order valence-electron chi connectivity index (χ2n) is 6.14. The molecule has 0 bridgehead atoms. The van der Waals surface area contributed by atoms with Gasteiger partial charge in [0.05, 0.1) is 6.04 Å². The molecular formula is C15H28N2S. The molecule has 0 aromatic rings. The zero-order valence-electron chi connectivity index (χ0n) is 12.2. The van der Waals surface area contributed by atoms with Crippen LogP contribution in [0.25, 0.3) is 0 Å². The van der Waals surface area contributed by atoms with Crippen LogP contribution in [0, 0.1) is 5.92 Å². The van der Waals surface area contributed by atoms with E-state index in [0.29, 0.717) is 6.04 Å². The van der Waals surface area contributed by atoms with Gasteiger partial charge < -0.3 is 5.32 Å². The maximum Gasteiger partial charge on any atom is 0.157 e. The Morgan fingerprint density at radius 1 is 1.33 bits per heavy atom. The molecule has 0 spiro atoms. The molecule has 1 aliphatic heterocycles. The van der Waals surface area contributed by atoms with Gasteiger partial charge in [-0.15, -0.1) is 0 Å². The maximum absolute atomic E-state index is 5.03. The second kappa shape index (κ2) is 6.31. The lowest BCUT2D eigenvalue weighted by atomic mass is 9.83. The van der Waals surface area contributed by atoms with Crippen molar-refractivity contribution >= 4 is 16.9 Å². The summed E-state index contributed by atoms with van der Waals surface area (Å²) in [5.41, 5.74) is 0.272. The summed E-state index contributed by atoms with van der Waals surface area (Å²) in [7, 11) is 0. The van der Waals surface area contributed by atoms with Crippen LogP contribution in [0.3, 0.4) is 0 Å². The van der Waals surface area contributed by atoms with Crippen molar-refractivity contribution in [2.24, 2.45) is 10.9 Å². The van der Waals surface area contributed by atoms with Crippen molar-refractivity contribution in [2.75, 3.05) is 5.75 Å². The SMILES string of the molecule is CCC(N=C1NC(C)(CC)CS1)C1CCCCC1. The minimum Gasteiger partial charge on any atom is -0.359 e. The van der Waals surface area contributed by atoms with E-state index >= 15 is 0 Å². The molecule has 1 aliphatic carbocycles. The summed E-state index contributed by atoms with van der Waals surface area (Å²) in [5, 5.41) is 4.84. The minimum absolute atomic E-state index is 0.272. The molecule has 0 aromatic heterocycles. The Hall–Kier alpha value is -0.180. The second-order valence-corrected chi connectivity index (χ2v) is 7.10. The van der Waals surface area contributed by atoms with Gasteiger partial charge in [-0.2, -0.15) is 0 Å². The normalized spacial score (nSPS) is 33.6. The van der Waals surface area contributed by atoms with Crippen molar-refractivity contribution in [3.63, 3.8) is 0 Å². The lowest BCUT2D eigenvalue weighted by molar-refractivity contribution is 0.301. The molecule has 2 nitrogen and oxygen atoms in total. The van der Waals surface area contributed by atoms with E-state index in [1.54, 1.807) is 0 Å². The van der Waals surface area contributed by atoms with E-state index in [1.165, 1.54) is 55.9 Å². The first-order valence-electron chi connectivity index (χ1n) is 7.65. The predicted octanol–water partition coefficient (Wildman–Crippen LogP) is 4.21. The fraction of sp³-hybridized carbons (Fsp3) is 0.933. The van der Waals surface area contributed by atoms with E-state index in [4.69, 9.17) is 4.99 Å². The Bertz CT molecular complexity index is 297. The number of nitrogens with one attached hydrogen (secondary N) is 1. The predicted molar refractivity (Wildman–Crippen MR) is 82.4 cm³/mol. The first kappa shape index (κ1) is 14.2. The maximum atomic E-state index is 5.03. The van der Waals surface area contributed by atoms with Gasteiger partial charge in [0.2, 0.25) is 0 Å². The molecule has 1 N–H and O–H groups in total. The summed E-state index contributed by atoms with van der Waals surface area (Å²) in [5.74, 6) is 2.01. The Balaban J connectivity index is 1.97. The molecule has 1 saturated heterocycles. The summed E-state index contributed by atoms with van der Waals surface area (Å²) in [6.45, 7) is 6.86. The van der Waals surface area contributed by atoms with Gasteiger partial charge in [0.1, 0.15) is 0 Å². The van der Waals surface area contributed by atoms with Crippen molar-refractivity contribution < 1.29 is 0 Å². The van der Waals surface area contributed by atoms with Crippen LogP contribution in [0.2, 0.25) is 0 Å². The van der Waals surface area contributed by atoms with Crippen molar-refractivity contribution in [1.29, 1.82) is 0 Å². The Kier molecular flexibility index (Phi) is 4.99. The standard InChI is InChI=1S/C15H28N2S/c1-4-13(12-9-7-6-8-10-12)16-14-17-15(3,5-2)11-18-14/h12-13H,4-11H2,1-3H3,(H,16,17). The quantitative estimate of drug-likeness (QED) is 0.826. The van der Waals surface area contributed by atoms with Gasteiger partial charge >= 0.3 is 0 Å². The van der Waals surface area contributed by atoms with E-state index < -0.39 is 0 Å². The molecule has 3 heteroatoms. The molecule has 0 amide bonds. The van der Waals surface area contributed by atoms with Gasteiger partial charge in [0.15, 0.2) is 5.17 Å². The van der Waals surface area contributed by atoms with Gasteiger partial charge in [0.25, 0.3) is 0 Å². The third-order valence-electron chi connectivity index (χ3n) is 4.61. The summed E-state index contributed by atoms with van der Waals surface area (Å²) in [6.07, 6.45) is 9.43. The van der Waals surface area contributed by atoms with E-state index in [0.717, 1.165) is 5.92 Å². The van der Waals surface area contributed by atoms with Crippen LogP contribution in [0.4, 0.5) is 0 Å². The van der Waals surface area contributed by atoms with Gasteiger partial charge in [-0.1, -0.05) is 44.9 Å². The number of rotatable bonds is 4. The third-order valence-corrected chi connectivity index (χ3v) is 5.87. The molecule has 2 fully saturated rings. The Labute approximate surface area is 116 Å². The Morgan fingerprint density at radius 3 is 2.61 bits per heavy atom. The van der Waals surface area contributed by atoms with Gasteiger partial charge in [-0.25, -0.2) is 0 Å². The van der Waals surface area contributed by atoms with E-state index in [1.807, 2.05) is 11.8 Å². The van der Waals surface area contributed by atoms with Gasteiger partial charge in [-0.05, 0) is 38.5 Å². The highest BCUT2D eigenvalue weighted by Crippen LogP contribution is 2.31. The van der Waals surface area contributed by atoms with E-state index in [2.05, 4.69) is 26.1 Å². The highest BCUT2D eigenvalue weighted by molar-refractivity contribution is 8.14. The van der Waals surface area contributed by atoms with Crippen LogP contribution >= 0.6 is 11.8 Å². The molecular weight excluding hydrogens is 240 g/mol. The number of amidine groups is 1. The van der Waals surface area contributed by atoms with E-state index in [9.17, 15) is 0 Å². The smallest absolute Gasteiger partial charge is 0.157 e. The first-order chi connectivity index (χ1) is 8.67. The van der Waals surface area contributed by atoms with Crippen LogP contribution < -0.4 is 5.32 Å². The van der Waals surface area contributed by atoms with Crippen LogP contribution in [0.1, 0.15) is 65.7 Å². The van der Waals surface area contributed by atoms with Gasteiger partial charge in [0, 0.05) is 11.3 Å². The third kappa shape index (κ3) is 3.43. The number of hydrogen-bond donors (Lipinski definition) is 1. The average molecular weight is 268 g/mol. The lowest BCUT2D eigenvalue weighted by Gasteiger charge is -2.27. The Morgan fingerprint density at radius 2 is 2.06 bits per heavy atom. The molecule has 0 aromatic carbocycles. The van der Waals surface area contributed by atoms with Crippen LogP contribution in [-0.4, -0.2) is 22.5 Å². The van der Waals surface area contributed by atoms with Gasteiger partial charge in [-0.3, -0.25) is 4.99 Å². The number of thioether (sulfide) groups is 1. The molecule has 2 unspecified atom stereocenters. The molecule has 1 saturated carbocycles. The lowest BCUT2D eigenvalue weighted by Crippen LogP contribution is -2.40. The topological polar surface area (TPSA) is 24.4 Å². The number of hydrogen-bond acceptors (Lipinski definition) is 2. The molecule has 1 heterocycles. The van der Waals surface area contributed by atoms with Crippen LogP contribution in [0.5, 0.6) is 0 Å². The van der Waals surface area contributed by atoms with Crippen molar-refractivity contribution in [3.8, 4) is 0 Å². The summed E-state index contributed by atoms with van der Waals surface area (Å²) in [6, 6.07) is 0.555. The molecule has 18 heavy (non-hydrogen) atoms. The summed E-state index contributed by atoms with van der Waals surface area (Å²) in [4.78, 5) is 5.03. The molecule has 104 valence electrons. The van der Waals surface area contributed by atoms with E-state index in [-0.39, 0.29) is 5.54 Å². The summed E-state index contributed by atoms with van der Waals surface area (Å²) < 4.78 is 0. The van der Waals surface area contributed by atoms with Crippen LogP contribution in [-0.2, 0) is 0 Å². The summed E-state index contributed by atoms with van der Waals surface area (Å²) >= 11 is 1.92. The zero-order chi connectivity index (χ0) is 13.0. The average Bonchev–Trinajstić information content (AvgIpc) is 2.79. The fourth-order valence-electron chi connectivity index (χ4n) is 3.02. The zero-order valence-corrected chi connectivity index (χ0v) is 13.0. The van der Waals surface area contributed by atoms with Crippen LogP contribution in [0.15, 0.2) is 4.99 Å². The molecule has 0 radical (unpaired) electrons. The monoisotopic (exact) mass is 268 g/mol. The van der Waals surface area contributed by atoms with Crippen molar-refractivity contribution in [1.82, 2.24) is 5.32 Å². The number of nitrogens with zero attached hydrogens (tertiary/aromatic N) is 1. The molecule has 2 atom stereocenters. The minimum atomic E-state index is 0.272. The van der Waals surface area contributed by atoms with Crippen molar-refractivity contribution in [2.45, 2.75) is 77.3 Å². The molecule has 2 rings (SSSR count). The van der Waals surface area contributed by atoms with Crippen molar-refractivity contribution in [3.05, 3.63) is 0 Å². The molecule has 2 aliphatic rings. The highest BCUT2D eigenvalue weighted by atomic mass is 32.2. The highest BCUT2D eigenvalue weighted by Gasteiger charge is 2.31. The largest absolute Gasteiger partial charge is 0.359 e. The number of aliphatic imine (C=N–C) groups is 1. The fourth-order valence-corrected chi connectivity index (χ4v) is 4.28. The first-order valence-corrected chi connectivity index (χ1v) is 8.64.